The first-order valence-electron chi connectivity index (χ1n) is 6.83. The lowest BCUT2D eigenvalue weighted by Gasteiger charge is -2.05. The molecule has 0 aromatic heterocycles. The fourth-order valence-electron chi connectivity index (χ4n) is 1.30. The van der Waals surface area contributed by atoms with Gasteiger partial charge in [0.15, 0.2) is 0 Å². The molecule has 0 saturated heterocycles. The molecule has 2 unspecified atom stereocenters. The van der Waals surface area contributed by atoms with E-state index in [2.05, 4.69) is 0 Å². The number of aliphatic carboxylic acids is 1. The topological polar surface area (TPSA) is 63.6 Å². The number of esters is 1. The maximum absolute atomic E-state index is 10.8. The van der Waals surface area contributed by atoms with Crippen LogP contribution in [0.4, 0.5) is 0 Å². The van der Waals surface area contributed by atoms with Crippen molar-refractivity contribution in [3.63, 3.8) is 0 Å². The average Bonchev–Trinajstić information content (AvgIpc) is 2.35. The second-order valence-corrected chi connectivity index (χ2v) is 4.29. The van der Waals surface area contributed by atoms with Crippen LogP contribution >= 0.6 is 0 Å². The first-order valence-corrected chi connectivity index (χ1v) is 6.83. The Morgan fingerprint density at radius 1 is 1.11 bits per heavy atom. The Hall–Kier alpha value is -1.06. The summed E-state index contributed by atoms with van der Waals surface area (Å²) < 4.78 is 4.76. The largest absolute Gasteiger partial charge is 0.481 e. The number of carbonyl (C=O) groups excluding carboxylic acids is 1. The van der Waals surface area contributed by atoms with Crippen LogP contribution in [-0.4, -0.2) is 23.7 Å². The molecule has 2 atom stereocenters. The van der Waals surface area contributed by atoms with E-state index in [-0.39, 0.29) is 17.8 Å². The van der Waals surface area contributed by atoms with Crippen molar-refractivity contribution < 1.29 is 19.4 Å². The van der Waals surface area contributed by atoms with E-state index < -0.39 is 5.97 Å². The Kier molecular flexibility index (Phi) is 13.3. The van der Waals surface area contributed by atoms with Gasteiger partial charge < -0.3 is 9.84 Å². The molecular weight excluding hydrogens is 232 g/mol. The molecule has 0 bridgehead atoms. The summed E-state index contributed by atoms with van der Waals surface area (Å²) in [5.74, 6) is -0.792. The molecule has 0 rings (SSSR count). The van der Waals surface area contributed by atoms with Crippen LogP contribution < -0.4 is 0 Å². The Bertz CT molecular complexity index is 226. The van der Waals surface area contributed by atoms with E-state index in [9.17, 15) is 9.59 Å². The van der Waals surface area contributed by atoms with Crippen LogP contribution in [0.15, 0.2) is 0 Å². The highest BCUT2D eigenvalue weighted by molar-refractivity contribution is 5.71. The van der Waals surface area contributed by atoms with Gasteiger partial charge in [0.25, 0.3) is 0 Å². The van der Waals surface area contributed by atoms with Crippen molar-refractivity contribution in [1.29, 1.82) is 0 Å². The van der Waals surface area contributed by atoms with Crippen LogP contribution in [0.2, 0.25) is 0 Å². The first kappa shape index (κ1) is 19.3. The first-order chi connectivity index (χ1) is 8.44. The fraction of sp³-hybridized carbons (Fsp3) is 0.857. The van der Waals surface area contributed by atoms with Gasteiger partial charge in [-0.15, -0.1) is 0 Å². The van der Waals surface area contributed by atoms with Crippen molar-refractivity contribution in [3.8, 4) is 0 Å². The third-order valence-electron chi connectivity index (χ3n) is 2.78. The molecule has 4 nitrogen and oxygen atoms in total. The van der Waals surface area contributed by atoms with Crippen LogP contribution in [0.25, 0.3) is 0 Å². The smallest absolute Gasteiger partial charge is 0.308 e. The van der Waals surface area contributed by atoms with Crippen LogP contribution in [0.1, 0.15) is 60.3 Å². The minimum absolute atomic E-state index is 0.0601. The van der Waals surface area contributed by atoms with Gasteiger partial charge in [-0.25, -0.2) is 0 Å². The number of rotatable bonds is 7. The summed E-state index contributed by atoms with van der Waals surface area (Å²) in [7, 11) is 0. The maximum Gasteiger partial charge on any atom is 0.308 e. The van der Waals surface area contributed by atoms with E-state index >= 15 is 0 Å². The van der Waals surface area contributed by atoms with Crippen LogP contribution in [0, 0.1) is 11.8 Å². The maximum atomic E-state index is 10.8. The number of hydrogen-bond acceptors (Lipinski definition) is 3. The number of carboxylic acid groups (broad SMARTS) is 1. The van der Waals surface area contributed by atoms with Crippen molar-refractivity contribution in [3.05, 3.63) is 0 Å². The molecule has 0 aromatic carbocycles. The lowest BCUT2D eigenvalue weighted by Crippen LogP contribution is -2.13. The quantitative estimate of drug-likeness (QED) is 0.712. The molecule has 0 saturated carbocycles. The van der Waals surface area contributed by atoms with Gasteiger partial charge in [-0.05, 0) is 26.2 Å². The summed E-state index contributed by atoms with van der Waals surface area (Å²) in [4.78, 5) is 21.1. The molecular formula is C14H28O4. The third-order valence-corrected chi connectivity index (χ3v) is 2.78. The standard InChI is InChI=1S/2C7H14O2/c1-4-6(3)7(8)9-5-2;1-3-5-6(4-2)7(8)9/h6H,4-5H2,1-3H3;6H,3-5H2,1-2H3,(H,8,9). The van der Waals surface area contributed by atoms with E-state index in [4.69, 9.17) is 9.84 Å². The van der Waals surface area contributed by atoms with Gasteiger partial charge in [-0.3, -0.25) is 9.59 Å². The van der Waals surface area contributed by atoms with Crippen molar-refractivity contribution in [1.82, 2.24) is 0 Å². The highest BCUT2D eigenvalue weighted by Crippen LogP contribution is 2.09. The Morgan fingerprint density at radius 3 is 1.89 bits per heavy atom. The molecule has 0 heterocycles. The molecule has 0 spiro atoms. The highest BCUT2D eigenvalue weighted by atomic mass is 16.5. The molecule has 0 amide bonds. The summed E-state index contributed by atoms with van der Waals surface area (Å²) in [5, 5.41) is 8.50. The lowest BCUT2D eigenvalue weighted by atomic mass is 10.0. The normalized spacial score (nSPS) is 12.9. The Morgan fingerprint density at radius 2 is 1.67 bits per heavy atom. The molecule has 108 valence electrons. The molecule has 0 aliphatic heterocycles. The van der Waals surface area contributed by atoms with Gasteiger partial charge in [0.05, 0.1) is 18.4 Å². The zero-order valence-electron chi connectivity index (χ0n) is 12.4. The summed E-state index contributed by atoms with van der Waals surface area (Å²) in [5.41, 5.74) is 0. The van der Waals surface area contributed by atoms with Crippen molar-refractivity contribution in [2.75, 3.05) is 6.61 Å². The minimum Gasteiger partial charge on any atom is -0.481 e. The number of carbonyl (C=O) groups is 2. The summed E-state index contributed by atoms with van der Waals surface area (Å²) in [6.07, 6.45) is 3.39. The monoisotopic (exact) mass is 260 g/mol. The second kappa shape index (κ2) is 12.4. The van der Waals surface area contributed by atoms with Gasteiger partial charge in [0, 0.05) is 0 Å². The molecule has 1 N–H and O–H groups in total. The van der Waals surface area contributed by atoms with Crippen molar-refractivity contribution >= 4 is 11.9 Å². The molecule has 0 fully saturated rings. The zero-order valence-corrected chi connectivity index (χ0v) is 12.4. The van der Waals surface area contributed by atoms with Crippen molar-refractivity contribution in [2.45, 2.75) is 60.3 Å². The van der Waals surface area contributed by atoms with Gasteiger partial charge >= 0.3 is 11.9 Å². The average molecular weight is 260 g/mol. The summed E-state index contributed by atoms with van der Waals surface area (Å²) in [6, 6.07) is 0. The van der Waals surface area contributed by atoms with E-state index in [1.54, 1.807) is 0 Å². The van der Waals surface area contributed by atoms with E-state index in [1.165, 1.54) is 0 Å². The van der Waals surface area contributed by atoms with Gasteiger partial charge in [-0.2, -0.15) is 0 Å². The fourth-order valence-corrected chi connectivity index (χ4v) is 1.30. The van der Waals surface area contributed by atoms with Gasteiger partial charge in [-0.1, -0.05) is 34.1 Å². The summed E-state index contributed by atoms with van der Waals surface area (Å²) >= 11 is 0. The lowest BCUT2D eigenvalue weighted by molar-refractivity contribution is -0.147. The predicted octanol–water partition coefficient (Wildman–Crippen LogP) is 3.49. The van der Waals surface area contributed by atoms with Crippen LogP contribution in [0.3, 0.4) is 0 Å². The second-order valence-electron chi connectivity index (χ2n) is 4.29. The third kappa shape index (κ3) is 10.1. The molecule has 4 heteroatoms. The molecule has 0 aliphatic rings. The van der Waals surface area contributed by atoms with E-state index in [0.717, 1.165) is 25.7 Å². The molecule has 0 aromatic rings. The summed E-state index contributed by atoms with van der Waals surface area (Å²) in [6.45, 7) is 10.1. The van der Waals surface area contributed by atoms with Crippen LogP contribution in [0.5, 0.6) is 0 Å². The number of carboxylic acids is 1. The van der Waals surface area contributed by atoms with Gasteiger partial charge in [0.2, 0.25) is 0 Å². The Balaban J connectivity index is 0. The van der Waals surface area contributed by atoms with E-state index in [1.807, 2.05) is 34.6 Å². The zero-order chi connectivity index (χ0) is 14.6. The van der Waals surface area contributed by atoms with E-state index in [0.29, 0.717) is 6.61 Å². The van der Waals surface area contributed by atoms with Gasteiger partial charge in [0.1, 0.15) is 0 Å². The SMILES string of the molecule is CCCC(CC)C(=O)O.CCOC(=O)C(C)CC. The molecule has 0 radical (unpaired) electrons. The Labute approximate surface area is 111 Å². The van der Waals surface area contributed by atoms with Crippen molar-refractivity contribution in [2.24, 2.45) is 11.8 Å². The number of ether oxygens (including phenoxy) is 1. The highest BCUT2D eigenvalue weighted by Gasteiger charge is 2.12. The minimum atomic E-state index is -0.653. The predicted molar refractivity (Wildman–Crippen MR) is 72.4 cm³/mol. The molecule has 18 heavy (non-hydrogen) atoms. The number of hydrogen-bond donors (Lipinski definition) is 1. The van der Waals surface area contributed by atoms with Crippen LogP contribution in [-0.2, 0) is 14.3 Å². The molecule has 0 aliphatic carbocycles.